The predicted molar refractivity (Wildman–Crippen MR) is 111 cm³/mol. The summed E-state index contributed by atoms with van der Waals surface area (Å²) < 4.78 is 0. The zero-order chi connectivity index (χ0) is 19.1. The van der Waals surface area contributed by atoms with Gasteiger partial charge in [0.15, 0.2) is 0 Å². The Morgan fingerprint density at radius 2 is 1.73 bits per heavy atom. The Balaban J connectivity index is 2.03. The van der Waals surface area contributed by atoms with E-state index in [2.05, 4.69) is 23.1 Å². The minimum atomic E-state index is 0.306. The number of aliphatic imine (C=N–C) groups is 1. The average Bonchev–Trinajstić information content (AvgIpc) is 2.58. The molecule has 6 heteroatoms. The summed E-state index contributed by atoms with van der Waals surface area (Å²) in [5.74, 6) is 0. The van der Waals surface area contributed by atoms with Crippen molar-refractivity contribution in [3.05, 3.63) is 62.6 Å². The van der Waals surface area contributed by atoms with Crippen molar-refractivity contribution in [2.45, 2.75) is 27.4 Å². The monoisotopic (exact) mass is 391 g/mol. The number of nitrogens with zero attached hydrogens (tertiary/aromatic N) is 3. The van der Waals surface area contributed by atoms with Gasteiger partial charge in [0.1, 0.15) is 6.61 Å². The van der Waals surface area contributed by atoms with E-state index in [1.54, 1.807) is 24.4 Å². The minimum absolute atomic E-state index is 0.306. The molecule has 0 saturated heterocycles. The second-order valence-corrected chi connectivity index (χ2v) is 6.97. The summed E-state index contributed by atoms with van der Waals surface area (Å²) in [5.41, 5.74) is 4.99. The summed E-state index contributed by atoms with van der Waals surface area (Å²) in [6.45, 7) is 7.37. The third-order valence-electron chi connectivity index (χ3n) is 3.90. The molecule has 138 valence electrons. The van der Waals surface area contributed by atoms with Crippen LogP contribution in [0.2, 0.25) is 10.0 Å². The number of hydrogen-bond acceptors (Lipinski definition) is 3. The largest absolute Gasteiger partial charge is 0.391 e. The Hall–Kier alpha value is -2.04. The highest BCUT2D eigenvalue weighted by molar-refractivity contribution is 6.34. The van der Waals surface area contributed by atoms with E-state index < -0.39 is 0 Å². The van der Waals surface area contributed by atoms with Crippen LogP contribution in [0.15, 0.2) is 40.5 Å². The molecule has 0 unspecified atom stereocenters. The molecule has 2 rings (SSSR count). The van der Waals surface area contributed by atoms with Gasteiger partial charge in [0, 0.05) is 23.6 Å². The van der Waals surface area contributed by atoms with Crippen molar-refractivity contribution in [1.29, 1.82) is 0 Å². The molecule has 0 aliphatic carbocycles. The summed E-state index contributed by atoms with van der Waals surface area (Å²) >= 11 is 11.9. The molecular weight excluding hydrogens is 369 g/mol. The van der Waals surface area contributed by atoms with E-state index in [1.165, 1.54) is 0 Å². The standard InChI is InChI=1S/C20H23Cl2N3O/c1-5-25(4)13-23-20-7-14(2)17(6-15(20)3)11-24-26-12-16-8-18(21)10-19(22)9-16/h6-11,13H,5,12H2,1-4H3/b23-13?,24-11+. The van der Waals surface area contributed by atoms with Crippen LogP contribution in [-0.4, -0.2) is 31.0 Å². The van der Waals surface area contributed by atoms with E-state index in [1.807, 2.05) is 38.2 Å². The lowest BCUT2D eigenvalue weighted by molar-refractivity contribution is 0.132. The van der Waals surface area contributed by atoms with Gasteiger partial charge in [0.05, 0.1) is 18.2 Å². The van der Waals surface area contributed by atoms with Crippen molar-refractivity contribution in [2.24, 2.45) is 10.1 Å². The van der Waals surface area contributed by atoms with Crippen molar-refractivity contribution < 1.29 is 4.84 Å². The van der Waals surface area contributed by atoms with Gasteiger partial charge < -0.3 is 9.74 Å². The molecule has 0 fully saturated rings. The van der Waals surface area contributed by atoms with Crippen LogP contribution in [0.5, 0.6) is 0 Å². The lowest BCUT2D eigenvalue weighted by atomic mass is 10.0. The number of benzene rings is 2. The third kappa shape index (κ3) is 6.04. The fourth-order valence-corrected chi connectivity index (χ4v) is 2.82. The van der Waals surface area contributed by atoms with Crippen LogP contribution >= 0.6 is 23.2 Å². The zero-order valence-corrected chi connectivity index (χ0v) is 17.0. The molecule has 0 spiro atoms. The predicted octanol–water partition coefficient (Wildman–Crippen LogP) is 5.77. The van der Waals surface area contributed by atoms with Crippen LogP contribution in [-0.2, 0) is 11.4 Å². The quantitative estimate of drug-likeness (QED) is 0.341. The highest BCUT2D eigenvalue weighted by Gasteiger charge is 2.03. The van der Waals surface area contributed by atoms with Gasteiger partial charge in [-0.2, -0.15) is 0 Å². The fraction of sp³-hybridized carbons (Fsp3) is 0.300. The maximum atomic E-state index is 5.97. The second-order valence-electron chi connectivity index (χ2n) is 6.10. The molecule has 0 bridgehead atoms. The highest BCUT2D eigenvalue weighted by Crippen LogP contribution is 2.23. The summed E-state index contributed by atoms with van der Waals surface area (Å²) in [6.07, 6.45) is 3.55. The molecule has 0 amide bonds. The maximum Gasteiger partial charge on any atom is 0.142 e. The molecule has 2 aromatic carbocycles. The summed E-state index contributed by atoms with van der Waals surface area (Å²) in [5, 5.41) is 5.22. The van der Waals surface area contributed by atoms with Crippen molar-refractivity contribution in [1.82, 2.24) is 4.90 Å². The first-order valence-corrected chi connectivity index (χ1v) is 9.10. The second kappa shape index (κ2) is 9.60. The van der Waals surface area contributed by atoms with Crippen LogP contribution in [0.1, 0.15) is 29.2 Å². The van der Waals surface area contributed by atoms with Gasteiger partial charge >= 0.3 is 0 Å². The SMILES string of the molecule is CCN(C)C=Nc1cc(C)c(/C=N/OCc2cc(Cl)cc(Cl)c2)cc1C. The van der Waals surface area contributed by atoms with E-state index in [-0.39, 0.29) is 0 Å². The Kier molecular flexibility index (Phi) is 7.49. The molecule has 0 aliphatic heterocycles. The maximum absolute atomic E-state index is 5.97. The zero-order valence-electron chi connectivity index (χ0n) is 15.5. The van der Waals surface area contributed by atoms with Crippen molar-refractivity contribution in [2.75, 3.05) is 13.6 Å². The van der Waals surface area contributed by atoms with Gasteiger partial charge in [-0.25, -0.2) is 4.99 Å². The Morgan fingerprint density at radius 1 is 1.04 bits per heavy atom. The first-order chi connectivity index (χ1) is 12.4. The van der Waals surface area contributed by atoms with E-state index in [0.717, 1.165) is 34.5 Å². The molecule has 0 saturated carbocycles. The smallest absolute Gasteiger partial charge is 0.142 e. The summed E-state index contributed by atoms with van der Waals surface area (Å²) in [7, 11) is 2.00. The molecule has 0 aliphatic rings. The van der Waals surface area contributed by atoms with Crippen molar-refractivity contribution >= 4 is 41.4 Å². The number of oxime groups is 1. The number of halogens is 2. The molecule has 0 N–H and O–H groups in total. The number of aryl methyl sites for hydroxylation is 2. The molecule has 0 atom stereocenters. The lowest BCUT2D eigenvalue weighted by Gasteiger charge is -2.10. The molecule has 26 heavy (non-hydrogen) atoms. The van der Waals surface area contributed by atoms with Crippen LogP contribution in [0.4, 0.5) is 5.69 Å². The van der Waals surface area contributed by atoms with Gasteiger partial charge in [0.2, 0.25) is 0 Å². The fourth-order valence-electron chi connectivity index (χ4n) is 2.24. The first-order valence-electron chi connectivity index (χ1n) is 8.35. The molecule has 0 aromatic heterocycles. The summed E-state index contributed by atoms with van der Waals surface area (Å²) in [4.78, 5) is 11.9. The molecule has 0 radical (unpaired) electrons. The average molecular weight is 392 g/mol. The van der Waals surface area contributed by atoms with E-state index in [0.29, 0.717) is 16.7 Å². The Morgan fingerprint density at radius 3 is 2.38 bits per heavy atom. The highest BCUT2D eigenvalue weighted by atomic mass is 35.5. The van der Waals surface area contributed by atoms with Gasteiger partial charge in [0.25, 0.3) is 0 Å². The van der Waals surface area contributed by atoms with Gasteiger partial charge in [-0.15, -0.1) is 0 Å². The van der Waals surface area contributed by atoms with Gasteiger partial charge in [-0.3, -0.25) is 0 Å². The Bertz CT molecular complexity index is 799. The van der Waals surface area contributed by atoms with Crippen LogP contribution in [0.3, 0.4) is 0 Å². The number of rotatable bonds is 7. The third-order valence-corrected chi connectivity index (χ3v) is 4.33. The summed E-state index contributed by atoms with van der Waals surface area (Å²) in [6, 6.07) is 9.39. The van der Waals surface area contributed by atoms with E-state index in [9.17, 15) is 0 Å². The Labute approximate surface area is 165 Å². The first kappa shape index (κ1) is 20.3. The van der Waals surface area contributed by atoms with E-state index >= 15 is 0 Å². The molecule has 0 heterocycles. The molecule has 4 nitrogen and oxygen atoms in total. The van der Waals surface area contributed by atoms with Gasteiger partial charge in [-0.05, 0) is 73.4 Å². The van der Waals surface area contributed by atoms with Crippen molar-refractivity contribution in [3.8, 4) is 0 Å². The van der Waals surface area contributed by atoms with E-state index in [4.69, 9.17) is 28.0 Å². The normalized spacial score (nSPS) is 11.5. The molecule has 2 aromatic rings. The van der Waals surface area contributed by atoms with Crippen LogP contribution in [0, 0.1) is 13.8 Å². The van der Waals surface area contributed by atoms with Gasteiger partial charge in [-0.1, -0.05) is 28.4 Å². The number of hydrogen-bond donors (Lipinski definition) is 0. The molecular formula is C20H23Cl2N3O. The topological polar surface area (TPSA) is 37.2 Å². The van der Waals surface area contributed by atoms with Crippen LogP contribution < -0.4 is 0 Å². The van der Waals surface area contributed by atoms with Crippen LogP contribution in [0.25, 0.3) is 0 Å². The van der Waals surface area contributed by atoms with Crippen molar-refractivity contribution in [3.63, 3.8) is 0 Å². The minimum Gasteiger partial charge on any atom is -0.391 e. The lowest BCUT2D eigenvalue weighted by Crippen LogP contribution is -2.14.